The second-order valence-electron chi connectivity index (χ2n) is 6.60. The third kappa shape index (κ3) is 3.18. The van der Waals surface area contributed by atoms with Crippen LogP contribution in [-0.2, 0) is 19.9 Å². The second kappa shape index (κ2) is 6.89. The van der Waals surface area contributed by atoms with Crippen LogP contribution in [0.15, 0.2) is 63.4 Å². The molecule has 8 nitrogen and oxygen atoms in total. The Bertz CT molecular complexity index is 1330. The number of aryl methyl sites for hydroxylation is 1. The van der Waals surface area contributed by atoms with Gasteiger partial charge in [-0.1, -0.05) is 18.2 Å². The minimum atomic E-state index is -4.00. The van der Waals surface area contributed by atoms with Crippen LogP contribution in [0.2, 0.25) is 0 Å². The molecular weight excluding hydrogens is 414 g/mol. The van der Waals surface area contributed by atoms with E-state index in [0.717, 1.165) is 4.41 Å². The molecule has 0 radical (unpaired) electrons. The summed E-state index contributed by atoms with van der Waals surface area (Å²) in [4.78, 5) is 3.21. The van der Waals surface area contributed by atoms with Crippen LogP contribution in [0.3, 0.4) is 0 Å². The number of hydrogen-bond acceptors (Lipinski definition) is 6. The van der Waals surface area contributed by atoms with Crippen LogP contribution in [0.25, 0.3) is 10.9 Å². The topological polar surface area (TPSA) is 109 Å². The highest BCUT2D eigenvalue weighted by molar-refractivity contribution is 8.06. The van der Waals surface area contributed by atoms with Crippen LogP contribution >= 0.6 is 0 Å². The van der Waals surface area contributed by atoms with Crippen molar-refractivity contribution in [1.82, 2.24) is 9.40 Å². The summed E-state index contributed by atoms with van der Waals surface area (Å²) in [6, 6.07) is 12.9. The number of aromatic amines is 1. The maximum absolute atomic E-state index is 13.3. The van der Waals surface area contributed by atoms with E-state index in [1.165, 1.54) is 19.2 Å². The maximum Gasteiger partial charge on any atom is 0.279 e. The SMILES string of the molecule is COc1ccc2[nH]c(C)c(S(=O)(=O)C3=NN(S(=O)(=O)c4ccccc4)CC3)c2c1. The Hall–Kier alpha value is -2.85. The van der Waals surface area contributed by atoms with Gasteiger partial charge in [-0.05, 0) is 37.3 Å². The Morgan fingerprint density at radius 3 is 2.48 bits per heavy atom. The summed E-state index contributed by atoms with van der Waals surface area (Å²) < 4.78 is 58.2. The lowest BCUT2D eigenvalue weighted by atomic mass is 10.2. The monoisotopic (exact) mass is 433 g/mol. The number of fused-ring (bicyclic) bond motifs is 1. The van der Waals surface area contributed by atoms with E-state index in [1.54, 1.807) is 43.3 Å². The normalized spacial score (nSPS) is 15.0. The molecule has 0 bridgehead atoms. The van der Waals surface area contributed by atoms with Gasteiger partial charge in [0.15, 0.2) is 5.04 Å². The fourth-order valence-electron chi connectivity index (χ4n) is 3.36. The van der Waals surface area contributed by atoms with E-state index in [2.05, 4.69) is 10.1 Å². The predicted molar refractivity (Wildman–Crippen MR) is 109 cm³/mol. The molecule has 0 saturated heterocycles. The molecule has 1 aromatic heterocycles. The van der Waals surface area contributed by atoms with Gasteiger partial charge in [0.2, 0.25) is 9.84 Å². The van der Waals surface area contributed by atoms with Gasteiger partial charge in [-0.3, -0.25) is 0 Å². The van der Waals surface area contributed by atoms with Gasteiger partial charge in [0, 0.05) is 23.0 Å². The zero-order valence-electron chi connectivity index (χ0n) is 15.8. The molecule has 1 N–H and O–H groups in total. The Balaban J connectivity index is 1.79. The Labute approximate surface area is 168 Å². The first kappa shape index (κ1) is 19.5. The molecule has 29 heavy (non-hydrogen) atoms. The second-order valence-corrected chi connectivity index (χ2v) is 10.3. The van der Waals surface area contributed by atoms with Gasteiger partial charge in [-0.2, -0.15) is 17.9 Å². The first-order valence-corrected chi connectivity index (χ1v) is 11.7. The molecule has 4 rings (SSSR count). The number of methoxy groups -OCH3 is 1. The molecule has 0 amide bonds. The summed E-state index contributed by atoms with van der Waals surface area (Å²) in [6.07, 6.45) is 0.00444. The number of sulfone groups is 1. The van der Waals surface area contributed by atoms with E-state index in [-0.39, 0.29) is 27.8 Å². The fourth-order valence-corrected chi connectivity index (χ4v) is 6.41. The quantitative estimate of drug-likeness (QED) is 0.680. The van der Waals surface area contributed by atoms with Crippen LogP contribution in [0.5, 0.6) is 5.75 Å². The summed E-state index contributed by atoms with van der Waals surface area (Å²) in [5.74, 6) is 0.523. The summed E-state index contributed by atoms with van der Waals surface area (Å²) in [5, 5.41) is 4.29. The smallest absolute Gasteiger partial charge is 0.279 e. The number of nitrogens with one attached hydrogen (secondary N) is 1. The molecule has 0 saturated carbocycles. The highest BCUT2D eigenvalue weighted by atomic mass is 32.2. The van der Waals surface area contributed by atoms with Crippen molar-refractivity contribution in [2.45, 2.75) is 23.1 Å². The predicted octanol–water partition coefficient (Wildman–Crippen LogP) is 2.67. The van der Waals surface area contributed by atoms with Gasteiger partial charge >= 0.3 is 0 Å². The third-order valence-electron chi connectivity index (χ3n) is 4.77. The third-order valence-corrected chi connectivity index (χ3v) is 8.43. The number of ether oxygens (including phenoxy) is 1. The number of H-pyrrole nitrogens is 1. The Kier molecular flexibility index (Phi) is 4.62. The van der Waals surface area contributed by atoms with Crippen molar-refractivity contribution in [2.75, 3.05) is 13.7 Å². The average molecular weight is 434 g/mol. The van der Waals surface area contributed by atoms with Gasteiger partial charge in [0.05, 0.1) is 18.6 Å². The molecule has 0 aliphatic carbocycles. The lowest BCUT2D eigenvalue weighted by molar-refractivity contribution is 0.415. The van der Waals surface area contributed by atoms with Crippen molar-refractivity contribution in [1.29, 1.82) is 0 Å². The van der Waals surface area contributed by atoms with Crippen molar-refractivity contribution < 1.29 is 21.6 Å². The molecular formula is C19H19N3O5S2. The molecule has 0 fully saturated rings. The van der Waals surface area contributed by atoms with E-state index in [9.17, 15) is 16.8 Å². The summed E-state index contributed by atoms with van der Waals surface area (Å²) in [5.41, 5.74) is 1.11. The highest BCUT2D eigenvalue weighted by Crippen LogP contribution is 2.33. The van der Waals surface area contributed by atoms with Crippen LogP contribution in [-0.4, -0.2) is 44.9 Å². The van der Waals surface area contributed by atoms with E-state index in [4.69, 9.17) is 4.74 Å². The summed E-state index contributed by atoms with van der Waals surface area (Å²) >= 11 is 0. The molecule has 2 heterocycles. The zero-order chi connectivity index (χ0) is 20.8. The summed E-state index contributed by atoms with van der Waals surface area (Å²) in [7, 11) is -6.40. The van der Waals surface area contributed by atoms with Crippen molar-refractivity contribution in [3.63, 3.8) is 0 Å². The fraction of sp³-hybridized carbons (Fsp3) is 0.211. The van der Waals surface area contributed by atoms with E-state index in [0.29, 0.717) is 22.3 Å². The Morgan fingerprint density at radius 1 is 1.07 bits per heavy atom. The van der Waals surface area contributed by atoms with Gasteiger partial charge in [-0.25, -0.2) is 8.42 Å². The van der Waals surface area contributed by atoms with Crippen molar-refractivity contribution in [3.05, 3.63) is 54.2 Å². The van der Waals surface area contributed by atoms with Gasteiger partial charge in [-0.15, -0.1) is 0 Å². The van der Waals surface area contributed by atoms with Crippen LogP contribution < -0.4 is 4.74 Å². The molecule has 10 heteroatoms. The number of benzene rings is 2. The van der Waals surface area contributed by atoms with Crippen LogP contribution in [0, 0.1) is 6.92 Å². The number of nitrogens with zero attached hydrogens (tertiary/aromatic N) is 2. The minimum Gasteiger partial charge on any atom is -0.497 e. The largest absolute Gasteiger partial charge is 0.497 e. The number of rotatable bonds is 4. The lowest BCUT2D eigenvalue weighted by Crippen LogP contribution is -2.23. The minimum absolute atomic E-state index is 0.00444. The number of hydrogen-bond donors (Lipinski definition) is 1. The van der Waals surface area contributed by atoms with Gasteiger partial charge in [0.25, 0.3) is 10.0 Å². The molecule has 2 aromatic carbocycles. The van der Waals surface area contributed by atoms with E-state index >= 15 is 0 Å². The van der Waals surface area contributed by atoms with Crippen LogP contribution in [0.1, 0.15) is 12.1 Å². The zero-order valence-corrected chi connectivity index (χ0v) is 17.4. The molecule has 0 atom stereocenters. The molecule has 3 aromatic rings. The van der Waals surface area contributed by atoms with Crippen LogP contribution in [0.4, 0.5) is 0 Å². The lowest BCUT2D eigenvalue weighted by Gasteiger charge is -2.13. The van der Waals surface area contributed by atoms with Crippen molar-refractivity contribution in [3.8, 4) is 5.75 Å². The summed E-state index contributed by atoms with van der Waals surface area (Å²) in [6.45, 7) is 1.63. The van der Waals surface area contributed by atoms with E-state index < -0.39 is 19.9 Å². The van der Waals surface area contributed by atoms with Crippen molar-refractivity contribution >= 4 is 35.8 Å². The van der Waals surface area contributed by atoms with Gasteiger partial charge in [0.1, 0.15) is 10.6 Å². The highest BCUT2D eigenvalue weighted by Gasteiger charge is 2.36. The molecule has 0 unspecified atom stereocenters. The Morgan fingerprint density at radius 2 is 1.79 bits per heavy atom. The average Bonchev–Trinajstić information content (AvgIpc) is 3.33. The number of hydrazone groups is 1. The number of aromatic nitrogens is 1. The first-order valence-electron chi connectivity index (χ1n) is 8.82. The van der Waals surface area contributed by atoms with Gasteiger partial charge < -0.3 is 9.72 Å². The molecule has 0 spiro atoms. The molecule has 1 aliphatic heterocycles. The first-order chi connectivity index (χ1) is 13.7. The maximum atomic E-state index is 13.3. The standard InChI is InChI=1S/C19H19N3O5S2/c1-13-19(16-12-14(27-2)8-9-17(16)20-13)28(23,24)18-10-11-22(21-18)29(25,26)15-6-4-3-5-7-15/h3-9,12,20H,10-11H2,1-2H3. The number of sulfonamides is 1. The molecule has 1 aliphatic rings. The van der Waals surface area contributed by atoms with E-state index in [1.807, 2.05) is 0 Å². The molecule has 152 valence electrons. The van der Waals surface area contributed by atoms with Crippen molar-refractivity contribution in [2.24, 2.45) is 5.10 Å².